The van der Waals surface area contributed by atoms with E-state index in [1.54, 1.807) is 6.92 Å². The van der Waals surface area contributed by atoms with Crippen LogP contribution in [0.5, 0.6) is 0 Å². The van der Waals surface area contributed by atoms with E-state index in [1.807, 2.05) is 13.8 Å². The number of esters is 1. The molecule has 2 heterocycles. The molecular formula is C20H17F3N2O3S. The summed E-state index contributed by atoms with van der Waals surface area (Å²) in [5.74, 6) is -0.734. The summed E-state index contributed by atoms with van der Waals surface area (Å²) < 4.78 is 43.3. The summed E-state index contributed by atoms with van der Waals surface area (Å²) in [4.78, 5) is 33.4. The zero-order chi connectivity index (χ0) is 21.3. The van der Waals surface area contributed by atoms with E-state index in [2.05, 4.69) is 9.97 Å². The van der Waals surface area contributed by atoms with Crippen LogP contribution in [0.2, 0.25) is 0 Å². The highest BCUT2D eigenvalue weighted by Gasteiger charge is 2.30. The monoisotopic (exact) mass is 422 g/mol. The average molecular weight is 422 g/mol. The van der Waals surface area contributed by atoms with Gasteiger partial charge >= 0.3 is 12.1 Å². The van der Waals surface area contributed by atoms with Crippen molar-refractivity contribution in [2.45, 2.75) is 26.9 Å². The molecule has 5 nitrogen and oxygen atoms in total. The van der Waals surface area contributed by atoms with Crippen molar-refractivity contribution < 1.29 is 22.7 Å². The van der Waals surface area contributed by atoms with Crippen LogP contribution in [0.25, 0.3) is 21.9 Å². The van der Waals surface area contributed by atoms with Crippen LogP contribution in [0.3, 0.4) is 0 Å². The first-order valence-corrected chi connectivity index (χ1v) is 9.50. The maximum atomic E-state index is 12.8. The number of thiophene rings is 1. The van der Waals surface area contributed by atoms with Gasteiger partial charge in [0.15, 0.2) is 0 Å². The highest BCUT2D eigenvalue weighted by molar-refractivity contribution is 7.18. The number of halogens is 3. The minimum Gasteiger partial charge on any atom is -0.462 e. The lowest BCUT2D eigenvalue weighted by Crippen LogP contribution is -2.15. The zero-order valence-electron chi connectivity index (χ0n) is 15.8. The van der Waals surface area contributed by atoms with E-state index in [0.717, 1.165) is 22.6 Å². The predicted octanol–water partition coefficient (Wildman–Crippen LogP) is 4.72. The van der Waals surface area contributed by atoms with Crippen LogP contribution in [0.1, 0.15) is 34.3 Å². The molecule has 0 fully saturated rings. The fourth-order valence-electron chi connectivity index (χ4n) is 2.75. The second kappa shape index (κ2) is 7.82. The topological polar surface area (TPSA) is 72.0 Å². The Morgan fingerprint density at radius 3 is 2.48 bits per heavy atom. The number of alkyl halides is 3. The van der Waals surface area contributed by atoms with Crippen LogP contribution >= 0.6 is 11.3 Å². The van der Waals surface area contributed by atoms with Gasteiger partial charge in [-0.1, -0.05) is 12.1 Å². The van der Waals surface area contributed by atoms with E-state index < -0.39 is 23.3 Å². The molecule has 0 bridgehead atoms. The van der Waals surface area contributed by atoms with E-state index in [9.17, 15) is 22.8 Å². The lowest BCUT2D eigenvalue weighted by molar-refractivity contribution is -0.138. The van der Waals surface area contributed by atoms with Gasteiger partial charge in [-0.05, 0) is 50.1 Å². The van der Waals surface area contributed by atoms with Crippen LogP contribution in [0.4, 0.5) is 13.2 Å². The van der Waals surface area contributed by atoms with Crippen molar-refractivity contribution >= 4 is 39.2 Å². The molecule has 2 aromatic heterocycles. The number of aryl methyl sites for hydroxylation is 2. The largest absolute Gasteiger partial charge is 0.462 e. The lowest BCUT2D eigenvalue weighted by Gasteiger charge is -2.08. The molecule has 1 aromatic carbocycles. The van der Waals surface area contributed by atoms with Gasteiger partial charge in [0.25, 0.3) is 5.56 Å². The van der Waals surface area contributed by atoms with Gasteiger partial charge < -0.3 is 9.72 Å². The Morgan fingerprint density at radius 1 is 1.24 bits per heavy atom. The summed E-state index contributed by atoms with van der Waals surface area (Å²) in [5, 5.41) is 0.453. The first-order valence-electron chi connectivity index (χ1n) is 8.68. The Bertz CT molecular complexity index is 1160. The Kier molecular flexibility index (Phi) is 5.61. The molecule has 0 saturated heterocycles. The van der Waals surface area contributed by atoms with Gasteiger partial charge in [0.05, 0.1) is 17.6 Å². The molecular weight excluding hydrogens is 405 g/mol. The van der Waals surface area contributed by atoms with Crippen LogP contribution < -0.4 is 5.56 Å². The summed E-state index contributed by atoms with van der Waals surface area (Å²) in [6.07, 6.45) is -3.12. The first-order chi connectivity index (χ1) is 13.6. The number of ether oxygens (including phenoxy) is 1. The summed E-state index contributed by atoms with van der Waals surface area (Å²) in [5.41, 5.74) is -0.0920. The maximum absolute atomic E-state index is 12.8. The average Bonchev–Trinajstić information content (AvgIpc) is 2.93. The molecule has 0 aliphatic heterocycles. The SMILES string of the molecule is CCOC(=O)C(=Cc1ccc(C(F)(F)F)cc1)c1nc2sc(C)c(C)c2c(=O)[nH]1. The van der Waals surface area contributed by atoms with Crippen LogP contribution in [-0.4, -0.2) is 22.5 Å². The highest BCUT2D eigenvalue weighted by Crippen LogP contribution is 2.30. The Balaban J connectivity index is 2.13. The Labute approximate surface area is 167 Å². The molecule has 0 radical (unpaired) electrons. The summed E-state index contributed by atoms with van der Waals surface area (Å²) in [7, 11) is 0. The van der Waals surface area contributed by atoms with E-state index >= 15 is 0 Å². The fraction of sp³-hybridized carbons (Fsp3) is 0.250. The molecule has 0 amide bonds. The fourth-order valence-corrected chi connectivity index (χ4v) is 3.78. The third-order valence-electron chi connectivity index (χ3n) is 4.34. The quantitative estimate of drug-likeness (QED) is 0.488. The van der Waals surface area contributed by atoms with Crippen molar-refractivity contribution in [1.82, 2.24) is 9.97 Å². The predicted molar refractivity (Wildman–Crippen MR) is 106 cm³/mol. The third-order valence-corrected chi connectivity index (χ3v) is 5.44. The molecule has 0 atom stereocenters. The normalized spacial score (nSPS) is 12.4. The molecule has 3 rings (SSSR count). The number of aromatic nitrogens is 2. The number of benzene rings is 1. The third kappa shape index (κ3) is 4.24. The van der Waals surface area contributed by atoms with Crippen molar-refractivity contribution in [3.05, 3.63) is 62.0 Å². The standard InChI is InChI=1S/C20H17F3N2O3S/c1-4-28-19(27)14(9-12-5-7-13(8-6-12)20(21,22)23)16-24-17(26)15-10(2)11(3)29-18(15)25-16/h5-9H,4H2,1-3H3,(H,24,25,26). The molecule has 0 unspecified atom stereocenters. The number of hydrogen-bond acceptors (Lipinski definition) is 5. The molecule has 0 spiro atoms. The van der Waals surface area contributed by atoms with E-state index in [1.165, 1.54) is 29.5 Å². The number of aromatic amines is 1. The van der Waals surface area contributed by atoms with E-state index in [0.29, 0.717) is 15.8 Å². The van der Waals surface area contributed by atoms with Gasteiger partial charge in [0.2, 0.25) is 0 Å². The maximum Gasteiger partial charge on any atom is 0.416 e. The first kappa shape index (κ1) is 20.8. The molecule has 0 aliphatic carbocycles. The number of H-pyrrole nitrogens is 1. The Morgan fingerprint density at radius 2 is 1.90 bits per heavy atom. The van der Waals surface area contributed by atoms with Gasteiger partial charge in [0, 0.05) is 4.88 Å². The van der Waals surface area contributed by atoms with Gasteiger partial charge in [-0.2, -0.15) is 13.2 Å². The zero-order valence-corrected chi connectivity index (χ0v) is 16.6. The minimum absolute atomic E-state index is 0.00194. The van der Waals surface area contributed by atoms with Crippen molar-refractivity contribution in [3.63, 3.8) is 0 Å². The molecule has 29 heavy (non-hydrogen) atoms. The second-order valence-electron chi connectivity index (χ2n) is 6.28. The molecule has 0 saturated carbocycles. The van der Waals surface area contributed by atoms with Crippen LogP contribution in [0.15, 0.2) is 29.1 Å². The van der Waals surface area contributed by atoms with Crippen LogP contribution in [-0.2, 0) is 15.7 Å². The summed E-state index contributed by atoms with van der Waals surface area (Å²) in [6.45, 7) is 5.39. The van der Waals surface area contributed by atoms with Gasteiger partial charge in [-0.25, -0.2) is 9.78 Å². The van der Waals surface area contributed by atoms with Gasteiger partial charge in [-0.3, -0.25) is 4.79 Å². The number of carbonyl (C=O) groups excluding carboxylic acids is 1. The number of carbonyl (C=O) groups is 1. The van der Waals surface area contributed by atoms with Crippen molar-refractivity contribution in [2.24, 2.45) is 0 Å². The van der Waals surface area contributed by atoms with Gasteiger partial charge in [-0.15, -0.1) is 11.3 Å². The second-order valence-corrected chi connectivity index (χ2v) is 7.48. The van der Waals surface area contributed by atoms with Gasteiger partial charge in [0.1, 0.15) is 16.2 Å². The van der Waals surface area contributed by atoms with Crippen molar-refractivity contribution in [2.75, 3.05) is 6.61 Å². The molecule has 152 valence electrons. The van der Waals surface area contributed by atoms with Crippen molar-refractivity contribution in [3.8, 4) is 0 Å². The van der Waals surface area contributed by atoms with E-state index in [-0.39, 0.29) is 18.0 Å². The summed E-state index contributed by atoms with van der Waals surface area (Å²) >= 11 is 1.33. The Hall–Kier alpha value is -2.94. The summed E-state index contributed by atoms with van der Waals surface area (Å²) in [6, 6.07) is 4.30. The number of rotatable bonds is 4. The highest BCUT2D eigenvalue weighted by atomic mass is 32.1. The minimum atomic E-state index is -4.46. The number of fused-ring (bicyclic) bond motifs is 1. The number of nitrogens with one attached hydrogen (secondary N) is 1. The molecule has 0 aliphatic rings. The number of hydrogen-bond donors (Lipinski definition) is 1. The van der Waals surface area contributed by atoms with E-state index in [4.69, 9.17) is 4.74 Å². The lowest BCUT2D eigenvalue weighted by atomic mass is 10.1. The molecule has 9 heteroatoms. The molecule has 3 aromatic rings. The smallest absolute Gasteiger partial charge is 0.416 e. The van der Waals surface area contributed by atoms with Crippen molar-refractivity contribution in [1.29, 1.82) is 0 Å². The van der Waals surface area contributed by atoms with Crippen LogP contribution in [0, 0.1) is 13.8 Å². The number of nitrogens with zero attached hydrogens (tertiary/aromatic N) is 1. The molecule has 1 N–H and O–H groups in total.